The average molecular weight is 411 g/mol. The number of carbonyl (C=O) groups excluding carboxylic acids is 2. The molecule has 7 heteroatoms. The molecule has 0 unspecified atom stereocenters. The second kappa shape index (κ2) is 8.69. The Bertz CT molecular complexity index is 1020. The quantitative estimate of drug-likeness (QED) is 0.642. The van der Waals surface area contributed by atoms with Crippen LogP contribution in [-0.2, 0) is 17.1 Å². The van der Waals surface area contributed by atoms with Crippen molar-refractivity contribution in [3.05, 3.63) is 59.9 Å². The highest BCUT2D eigenvalue weighted by molar-refractivity contribution is 7.97. The van der Waals surface area contributed by atoms with E-state index in [4.69, 9.17) is 0 Å². The molecule has 0 aliphatic rings. The predicted molar refractivity (Wildman–Crippen MR) is 119 cm³/mol. The van der Waals surface area contributed by atoms with Crippen molar-refractivity contribution in [3.8, 4) is 0 Å². The van der Waals surface area contributed by atoms with Crippen molar-refractivity contribution in [2.45, 2.75) is 38.6 Å². The number of anilines is 1. The number of fused-ring (bicyclic) bond motifs is 1. The van der Waals surface area contributed by atoms with E-state index in [9.17, 15) is 9.59 Å². The van der Waals surface area contributed by atoms with Crippen LogP contribution in [0, 0.1) is 0 Å². The fraction of sp³-hybridized carbons (Fsp3) is 0.318. The normalized spacial score (nSPS) is 11.4. The molecule has 0 atom stereocenters. The fourth-order valence-electron chi connectivity index (χ4n) is 3.00. The summed E-state index contributed by atoms with van der Waals surface area (Å²) in [6, 6.07) is 14.7. The number of rotatable bonds is 6. The molecule has 0 aliphatic carbocycles. The van der Waals surface area contributed by atoms with Crippen LogP contribution in [0.1, 0.15) is 37.0 Å². The molecule has 2 amide bonds. The SMILES string of the molecule is CSCc1nc2ccccc2n1CC(=O)Nc1ccc(C(=O)NC(C)(C)C)cc1. The molecular formula is C22H26N4O2S. The molecule has 2 aromatic carbocycles. The van der Waals surface area contributed by atoms with E-state index >= 15 is 0 Å². The Morgan fingerprint density at radius 3 is 2.41 bits per heavy atom. The first-order chi connectivity index (χ1) is 13.8. The Hall–Kier alpha value is -2.80. The lowest BCUT2D eigenvalue weighted by Crippen LogP contribution is -2.40. The molecule has 1 aromatic heterocycles. The van der Waals surface area contributed by atoms with E-state index in [1.165, 1.54) is 0 Å². The molecule has 2 N–H and O–H groups in total. The number of amides is 2. The Kier molecular flexibility index (Phi) is 6.27. The second-order valence-electron chi connectivity index (χ2n) is 7.87. The summed E-state index contributed by atoms with van der Waals surface area (Å²) in [5.41, 5.74) is 2.74. The number of benzene rings is 2. The van der Waals surface area contributed by atoms with Gasteiger partial charge in [0.05, 0.1) is 16.8 Å². The van der Waals surface area contributed by atoms with E-state index in [1.807, 2.05) is 55.9 Å². The highest BCUT2D eigenvalue weighted by Gasteiger charge is 2.16. The minimum atomic E-state index is -0.300. The summed E-state index contributed by atoms with van der Waals surface area (Å²) in [4.78, 5) is 29.5. The number of carbonyl (C=O) groups is 2. The second-order valence-corrected chi connectivity index (χ2v) is 8.73. The summed E-state index contributed by atoms with van der Waals surface area (Å²) >= 11 is 1.67. The van der Waals surface area contributed by atoms with E-state index in [0.717, 1.165) is 22.6 Å². The highest BCUT2D eigenvalue weighted by atomic mass is 32.2. The maximum Gasteiger partial charge on any atom is 0.251 e. The minimum absolute atomic E-state index is 0.137. The maximum atomic E-state index is 12.6. The van der Waals surface area contributed by atoms with Gasteiger partial charge in [0.1, 0.15) is 12.4 Å². The number of nitrogens with zero attached hydrogens (tertiary/aromatic N) is 2. The third-order valence-corrected chi connectivity index (χ3v) is 4.78. The zero-order valence-electron chi connectivity index (χ0n) is 17.2. The van der Waals surface area contributed by atoms with Gasteiger partial charge in [0.15, 0.2) is 0 Å². The molecule has 0 bridgehead atoms. The van der Waals surface area contributed by atoms with E-state index in [1.54, 1.807) is 36.0 Å². The zero-order valence-corrected chi connectivity index (χ0v) is 18.0. The molecule has 3 aromatic rings. The van der Waals surface area contributed by atoms with Gasteiger partial charge in [-0.25, -0.2) is 4.98 Å². The number of aromatic nitrogens is 2. The summed E-state index contributed by atoms with van der Waals surface area (Å²) in [7, 11) is 0. The Balaban J connectivity index is 1.71. The van der Waals surface area contributed by atoms with E-state index in [2.05, 4.69) is 15.6 Å². The number of hydrogen-bond acceptors (Lipinski definition) is 4. The van der Waals surface area contributed by atoms with Crippen molar-refractivity contribution in [1.29, 1.82) is 0 Å². The third kappa shape index (κ3) is 5.38. The lowest BCUT2D eigenvalue weighted by molar-refractivity contribution is -0.116. The molecule has 29 heavy (non-hydrogen) atoms. The maximum absolute atomic E-state index is 12.6. The molecule has 0 aliphatic heterocycles. The van der Waals surface area contributed by atoms with Gasteiger partial charge in [-0.3, -0.25) is 9.59 Å². The number of para-hydroxylation sites is 2. The molecular weight excluding hydrogens is 384 g/mol. The number of nitrogens with one attached hydrogen (secondary N) is 2. The Morgan fingerprint density at radius 1 is 1.07 bits per heavy atom. The third-order valence-electron chi connectivity index (χ3n) is 4.23. The molecule has 6 nitrogen and oxygen atoms in total. The highest BCUT2D eigenvalue weighted by Crippen LogP contribution is 2.19. The van der Waals surface area contributed by atoms with E-state index in [0.29, 0.717) is 11.3 Å². The van der Waals surface area contributed by atoms with Gasteiger partial charge in [0.2, 0.25) is 5.91 Å². The molecule has 0 spiro atoms. The zero-order chi connectivity index (χ0) is 21.0. The van der Waals surface area contributed by atoms with E-state index in [-0.39, 0.29) is 23.9 Å². The summed E-state index contributed by atoms with van der Waals surface area (Å²) in [6.07, 6.45) is 2.02. The van der Waals surface area contributed by atoms with Crippen LogP contribution in [0.4, 0.5) is 5.69 Å². The fourth-order valence-corrected chi connectivity index (χ4v) is 3.48. The topological polar surface area (TPSA) is 76.0 Å². The van der Waals surface area contributed by atoms with Gasteiger partial charge in [-0.1, -0.05) is 12.1 Å². The number of hydrogen-bond donors (Lipinski definition) is 2. The average Bonchev–Trinajstić information content (AvgIpc) is 2.98. The summed E-state index contributed by atoms with van der Waals surface area (Å²) in [5.74, 6) is 1.34. The van der Waals surface area contributed by atoms with Crippen molar-refractivity contribution >= 4 is 40.3 Å². The standard InChI is InChI=1S/C22H26N4O2S/c1-22(2,3)25-21(28)15-9-11-16(12-10-15)23-20(27)13-26-18-8-6-5-7-17(18)24-19(26)14-29-4/h5-12H,13-14H2,1-4H3,(H,23,27)(H,25,28). The van der Waals surface area contributed by atoms with Crippen molar-refractivity contribution in [2.75, 3.05) is 11.6 Å². The van der Waals surface area contributed by atoms with Crippen LogP contribution in [0.5, 0.6) is 0 Å². The molecule has 0 saturated heterocycles. The van der Waals surface area contributed by atoms with Crippen LogP contribution < -0.4 is 10.6 Å². The van der Waals surface area contributed by atoms with Crippen LogP contribution in [0.25, 0.3) is 11.0 Å². The van der Waals surface area contributed by atoms with Crippen molar-refractivity contribution in [1.82, 2.24) is 14.9 Å². The molecule has 3 rings (SSSR count). The molecule has 0 saturated carbocycles. The minimum Gasteiger partial charge on any atom is -0.347 e. The number of thioether (sulfide) groups is 1. The number of imidazole rings is 1. The first-order valence-corrected chi connectivity index (χ1v) is 10.8. The van der Waals surface area contributed by atoms with Crippen molar-refractivity contribution < 1.29 is 9.59 Å². The molecule has 1 heterocycles. The van der Waals surface area contributed by atoms with Gasteiger partial charge in [0.25, 0.3) is 5.91 Å². The monoisotopic (exact) mass is 410 g/mol. The van der Waals surface area contributed by atoms with Crippen LogP contribution >= 0.6 is 11.8 Å². The Morgan fingerprint density at radius 2 is 1.76 bits per heavy atom. The van der Waals surface area contributed by atoms with Crippen molar-refractivity contribution in [2.24, 2.45) is 0 Å². The van der Waals surface area contributed by atoms with Crippen LogP contribution in [0.15, 0.2) is 48.5 Å². The molecule has 0 fully saturated rings. The van der Waals surface area contributed by atoms with Crippen LogP contribution in [0.3, 0.4) is 0 Å². The van der Waals surface area contributed by atoms with E-state index < -0.39 is 0 Å². The van der Waals surface area contributed by atoms with Gasteiger partial charge in [-0.15, -0.1) is 0 Å². The molecule has 0 radical (unpaired) electrons. The Labute approximate surface area is 175 Å². The van der Waals surface area contributed by atoms with Gasteiger partial charge in [-0.2, -0.15) is 11.8 Å². The largest absolute Gasteiger partial charge is 0.347 e. The first-order valence-electron chi connectivity index (χ1n) is 9.42. The predicted octanol–water partition coefficient (Wildman–Crippen LogP) is 4.07. The van der Waals surface area contributed by atoms with Crippen LogP contribution in [0.2, 0.25) is 0 Å². The van der Waals surface area contributed by atoms with Gasteiger partial charge < -0.3 is 15.2 Å². The molecule has 152 valence electrons. The van der Waals surface area contributed by atoms with Crippen molar-refractivity contribution in [3.63, 3.8) is 0 Å². The smallest absolute Gasteiger partial charge is 0.251 e. The lowest BCUT2D eigenvalue weighted by atomic mass is 10.1. The van der Waals surface area contributed by atoms with Gasteiger partial charge in [0, 0.05) is 16.8 Å². The summed E-state index contributed by atoms with van der Waals surface area (Å²) in [5, 5.41) is 5.82. The first kappa shape index (κ1) is 20.9. The van der Waals surface area contributed by atoms with Gasteiger partial charge >= 0.3 is 0 Å². The lowest BCUT2D eigenvalue weighted by Gasteiger charge is -2.20. The van der Waals surface area contributed by atoms with Crippen LogP contribution in [-0.4, -0.2) is 33.2 Å². The summed E-state index contributed by atoms with van der Waals surface area (Å²) < 4.78 is 1.95. The summed E-state index contributed by atoms with van der Waals surface area (Å²) in [6.45, 7) is 5.99. The van der Waals surface area contributed by atoms with Gasteiger partial charge in [-0.05, 0) is 63.4 Å².